The maximum absolute atomic E-state index is 11.6. The number of hydrogen-bond acceptors (Lipinski definition) is 4. The Hall–Kier alpha value is -3.10. The number of halogens is 1. The van der Waals surface area contributed by atoms with Crippen molar-refractivity contribution >= 4 is 28.6 Å². The molecular formula is C20H16ClN3O2. The Bertz CT molecular complexity index is 965. The molecule has 0 fully saturated rings. The van der Waals surface area contributed by atoms with Crippen LogP contribution in [0.15, 0.2) is 54.9 Å². The summed E-state index contributed by atoms with van der Waals surface area (Å²) in [6, 6.07) is 15.1. The van der Waals surface area contributed by atoms with Crippen LogP contribution in [0, 0.1) is 11.8 Å². The van der Waals surface area contributed by atoms with Gasteiger partial charge in [-0.2, -0.15) is 0 Å². The third kappa shape index (κ3) is 4.95. The lowest BCUT2D eigenvalue weighted by molar-refractivity contribution is 0.140. The molecule has 0 atom stereocenters. The van der Waals surface area contributed by atoms with Crippen molar-refractivity contribution in [1.29, 1.82) is 0 Å². The van der Waals surface area contributed by atoms with Crippen LogP contribution in [-0.4, -0.2) is 22.6 Å². The molecule has 130 valence electrons. The van der Waals surface area contributed by atoms with Gasteiger partial charge in [0.1, 0.15) is 18.1 Å². The van der Waals surface area contributed by atoms with E-state index in [1.54, 1.807) is 0 Å². The van der Waals surface area contributed by atoms with Crippen LogP contribution in [0.25, 0.3) is 10.9 Å². The van der Waals surface area contributed by atoms with Crippen LogP contribution in [0.4, 0.5) is 4.79 Å². The minimum Gasteiger partial charge on any atom is -0.445 e. The maximum atomic E-state index is 11.6. The first-order valence-electron chi connectivity index (χ1n) is 8.06. The van der Waals surface area contributed by atoms with Crippen molar-refractivity contribution in [2.45, 2.75) is 13.0 Å². The summed E-state index contributed by atoms with van der Waals surface area (Å²) in [5, 5.41) is 3.89. The molecule has 2 aromatic carbocycles. The summed E-state index contributed by atoms with van der Waals surface area (Å²) in [5.74, 6) is 6.06. The van der Waals surface area contributed by atoms with Gasteiger partial charge in [-0.15, -0.1) is 0 Å². The summed E-state index contributed by atoms with van der Waals surface area (Å²) in [5.41, 5.74) is 2.53. The zero-order valence-corrected chi connectivity index (χ0v) is 14.7. The lowest BCUT2D eigenvalue weighted by atomic mass is 10.1. The fourth-order valence-electron chi connectivity index (χ4n) is 2.27. The Balaban J connectivity index is 1.44. The molecule has 0 aliphatic carbocycles. The molecule has 0 aliphatic heterocycles. The lowest BCUT2D eigenvalue weighted by Crippen LogP contribution is -2.24. The Morgan fingerprint density at radius 2 is 2.00 bits per heavy atom. The van der Waals surface area contributed by atoms with Gasteiger partial charge in [0.25, 0.3) is 0 Å². The predicted molar refractivity (Wildman–Crippen MR) is 101 cm³/mol. The van der Waals surface area contributed by atoms with Crippen molar-refractivity contribution < 1.29 is 9.53 Å². The van der Waals surface area contributed by atoms with Crippen LogP contribution in [0.2, 0.25) is 5.15 Å². The van der Waals surface area contributed by atoms with E-state index in [1.165, 1.54) is 6.33 Å². The summed E-state index contributed by atoms with van der Waals surface area (Å²) in [4.78, 5) is 19.7. The Labute approximate surface area is 156 Å². The van der Waals surface area contributed by atoms with Gasteiger partial charge in [-0.3, -0.25) is 0 Å². The van der Waals surface area contributed by atoms with Gasteiger partial charge >= 0.3 is 6.09 Å². The summed E-state index contributed by atoms with van der Waals surface area (Å²) in [7, 11) is 0. The monoisotopic (exact) mass is 365 g/mol. The maximum Gasteiger partial charge on any atom is 0.407 e. The molecule has 1 heterocycles. The van der Waals surface area contributed by atoms with Crippen LogP contribution < -0.4 is 5.32 Å². The fraction of sp³-hybridized carbons (Fsp3) is 0.150. The first kappa shape index (κ1) is 17.7. The number of fused-ring (bicyclic) bond motifs is 1. The molecule has 1 amide bonds. The van der Waals surface area contributed by atoms with Crippen LogP contribution in [0.5, 0.6) is 0 Å². The number of hydrogen-bond donors (Lipinski definition) is 1. The second kappa shape index (κ2) is 8.84. The standard InChI is InChI=1S/C20H16ClN3O2/c21-19-17-10-9-15(12-18(17)23-14-24-19)6-4-5-11-22-20(25)26-13-16-7-2-1-3-8-16/h1-3,7-10,12,14H,5,11,13H2,(H,22,25). The molecule has 0 unspecified atom stereocenters. The van der Waals surface area contributed by atoms with Crippen molar-refractivity contribution in [1.82, 2.24) is 15.3 Å². The topological polar surface area (TPSA) is 64.1 Å². The quantitative estimate of drug-likeness (QED) is 0.432. The highest BCUT2D eigenvalue weighted by Gasteiger charge is 2.02. The fourth-order valence-corrected chi connectivity index (χ4v) is 2.47. The number of rotatable bonds is 4. The molecule has 0 saturated heterocycles. The largest absolute Gasteiger partial charge is 0.445 e. The number of nitrogens with zero attached hydrogens (tertiary/aromatic N) is 2. The minimum atomic E-state index is -0.451. The molecule has 0 radical (unpaired) electrons. The average Bonchev–Trinajstić information content (AvgIpc) is 2.67. The van der Waals surface area contributed by atoms with Crippen molar-refractivity contribution in [3.8, 4) is 11.8 Å². The first-order valence-corrected chi connectivity index (χ1v) is 8.44. The Kier molecular flexibility index (Phi) is 6.02. The van der Waals surface area contributed by atoms with Gasteiger partial charge in [-0.05, 0) is 23.8 Å². The van der Waals surface area contributed by atoms with E-state index in [0.717, 1.165) is 22.0 Å². The van der Waals surface area contributed by atoms with Gasteiger partial charge in [-0.1, -0.05) is 53.8 Å². The molecule has 1 aromatic heterocycles. The van der Waals surface area contributed by atoms with Crippen LogP contribution in [0.3, 0.4) is 0 Å². The molecule has 0 aliphatic rings. The number of carbonyl (C=O) groups excluding carboxylic acids is 1. The highest BCUT2D eigenvalue weighted by Crippen LogP contribution is 2.19. The summed E-state index contributed by atoms with van der Waals surface area (Å²) < 4.78 is 5.13. The van der Waals surface area contributed by atoms with Gasteiger partial charge in [0, 0.05) is 23.9 Å². The number of ether oxygens (including phenoxy) is 1. The second-order valence-corrected chi connectivity index (χ2v) is 5.79. The summed E-state index contributed by atoms with van der Waals surface area (Å²) in [6.07, 6.45) is 1.49. The van der Waals surface area contributed by atoms with Gasteiger partial charge in [-0.25, -0.2) is 14.8 Å². The van der Waals surface area contributed by atoms with E-state index in [4.69, 9.17) is 16.3 Å². The summed E-state index contributed by atoms with van der Waals surface area (Å²) >= 11 is 6.01. The molecule has 3 rings (SSSR count). The zero-order chi connectivity index (χ0) is 18.2. The number of aromatic nitrogens is 2. The molecule has 5 nitrogen and oxygen atoms in total. The molecule has 6 heteroatoms. The minimum absolute atomic E-state index is 0.250. The van der Waals surface area contributed by atoms with E-state index in [9.17, 15) is 4.79 Å². The second-order valence-electron chi connectivity index (χ2n) is 5.44. The van der Waals surface area contributed by atoms with Gasteiger partial charge in [0.05, 0.1) is 5.52 Å². The molecule has 1 N–H and O–H groups in total. The van der Waals surface area contributed by atoms with E-state index in [-0.39, 0.29) is 6.61 Å². The molecule has 0 bridgehead atoms. The van der Waals surface area contributed by atoms with Gasteiger partial charge in [0.15, 0.2) is 0 Å². The van der Waals surface area contributed by atoms with Crippen molar-refractivity contribution in [2.24, 2.45) is 0 Å². The lowest BCUT2D eigenvalue weighted by Gasteiger charge is -2.05. The molecule has 0 spiro atoms. The van der Waals surface area contributed by atoms with E-state index in [0.29, 0.717) is 18.1 Å². The number of nitrogens with one attached hydrogen (secondary N) is 1. The van der Waals surface area contributed by atoms with Crippen molar-refractivity contribution in [3.63, 3.8) is 0 Å². The van der Waals surface area contributed by atoms with Crippen LogP contribution in [0.1, 0.15) is 17.5 Å². The van der Waals surface area contributed by atoms with E-state index < -0.39 is 6.09 Å². The Morgan fingerprint density at radius 3 is 2.85 bits per heavy atom. The summed E-state index contributed by atoms with van der Waals surface area (Å²) in [6.45, 7) is 0.669. The van der Waals surface area contributed by atoms with E-state index in [2.05, 4.69) is 27.1 Å². The predicted octanol–water partition coefficient (Wildman–Crippen LogP) is 3.95. The van der Waals surface area contributed by atoms with Crippen LogP contribution in [-0.2, 0) is 11.3 Å². The zero-order valence-electron chi connectivity index (χ0n) is 13.9. The molecule has 26 heavy (non-hydrogen) atoms. The van der Waals surface area contributed by atoms with E-state index >= 15 is 0 Å². The van der Waals surface area contributed by atoms with Crippen LogP contribution >= 0.6 is 11.6 Å². The molecule has 0 saturated carbocycles. The van der Waals surface area contributed by atoms with Gasteiger partial charge in [0.2, 0.25) is 0 Å². The Morgan fingerprint density at radius 1 is 1.15 bits per heavy atom. The number of amides is 1. The highest BCUT2D eigenvalue weighted by molar-refractivity contribution is 6.34. The third-order valence-electron chi connectivity index (χ3n) is 3.55. The van der Waals surface area contributed by atoms with E-state index in [1.807, 2.05) is 48.5 Å². The first-order chi connectivity index (χ1) is 12.7. The molecular weight excluding hydrogens is 350 g/mol. The third-order valence-corrected chi connectivity index (χ3v) is 3.85. The number of benzene rings is 2. The number of alkyl carbamates (subject to hydrolysis) is 1. The highest BCUT2D eigenvalue weighted by atomic mass is 35.5. The van der Waals surface area contributed by atoms with Crippen molar-refractivity contribution in [3.05, 3.63) is 71.1 Å². The molecule has 3 aromatic rings. The SMILES string of the molecule is O=C(NCCC#Cc1ccc2c(Cl)ncnc2c1)OCc1ccccc1. The smallest absolute Gasteiger partial charge is 0.407 e. The normalized spacial score (nSPS) is 10.0. The number of carbonyl (C=O) groups is 1. The van der Waals surface area contributed by atoms with Crippen molar-refractivity contribution in [2.75, 3.05) is 6.54 Å². The van der Waals surface area contributed by atoms with Gasteiger partial charge < -0.3 is 10.1 Å². The average molecular weight is 366 g/mol.